The van der Waals surface area contributed by atoms with E-state index in [0.717, 1.165) is 11.1 Å². The maximum Gasteiger partial charge on any atom is 0.128 e. The third-order valence-corrected chi connectivity index (χ3v) is 3.34. The zero-order valence-electron chi connectivity index (χ0n) is 10.6. The number of hydrazine groups is 1. The van der Waals surface area contributed by atoms with E-state index in [2.05, 4.69) is 5.43 Å². The highest BCUT2D eigenvalue weighted by Crippen LogP contribution is 2.27. The van der Waals surface area contributed by atoms with Crippen LogP contribution in [0, 0.1) is 19.7 Å². The van der Waals surface area contributed by atoms with Crippen molar-refractivity contribution >= 4 is 0 Å². The first-order valence-electron chi connectivity index (χ1n) is 5.92. The highest BCUT2D eigenvalue weighted by Gasteiger charge is 2.18. The number of nitrogens with two attached hydrogens (primary N) is 1. The quantitative estimate of drug-likeness (QED) is 0.643. The average Bonchev–Trinajstić information content (AvgIpc) is 2.37. The van der Waals surface area contributed by atoms with Crippen molar-refractivity contribution in [2.75, 3.05) is 0 Å². The molecule has 0 spiro atoms. The molecule has 18 heavy (non-hydrogen) atoms. The molecule has 0 heterocycles. The largest absolute Gasteiger partial charge is 0.271 e. The molecule has 2 rings (SSSR count). The minimum absolute atomic E-state index is 0.249. The topological polar surface area (TPSA) is 38.0 Å². The van der Waals surface area contributed by atoms with E-state index in [0.29, 0.717) is 5.56 Å². The van der Waals surface area contributed by atoms with E-state index in [4.69, 9.17) is 5.84 Å². The Balaban J connectivity index is 2.53. The summed E-state index contributed by atoms with van der Waals surface area (Å²) < 4.78 is 13.8. The molecular weight excluding hydrogens is 227 g/mol. The van der Waals surface area contributed by atoms with Crippen LogP contribution in [0.15, 0.2) is 42.5 Å². The van der Waals surface area contributed by atoms with Crippen molar-refractivity contribution in [3.05, 3.63) is 70.5 Å². The first-order chi connectivity index (χ1) is 8.65. The summed E-state index contributed by atoms with van der Waals surface area (Å²) in [6.07, 6.45) is 0. The zero-order valence-corrected chi connectivity index (χ0v) is 10.6. The summed E-state index contributed by atoms with van der Waals surface area (Å²) in [6, 6.07) is 12.3. The van der Waals surface area contributed by atoms with Gasteiger partial charge in [0, 0.05) is 5.56 Å². The first-order valence-corrected chi connectivity index (χ1v) is 5.92. The maximum atomic E-state index is 13.8. The van der Waals surface area contributed by atoms with Crippen molar-refractivity contribution in [1.29, 1.82) is 0 Å². The molecule has 1 atom stereocenters. The van der Waals surface area contributed by atoms with Crippen molar-refractivity contribution < 1.29 is 4.39 Å². The summed E-state index contributed by atoms with van der Waals surface area (Å²) in [5.74, 6) is 5.36. The second-order valence-electron chi connectivity index (χ2n) is 4.41. The Morgan fingerprint density at radius 2 is 1.67 bits per heavy atom. The maximum absolute atomic E-state index is 13.8. The Kier molecular flexibility index (Phi) is 3.75. The van der Waals surface area contributed by atoms with E-state index in [-0.39, 0.29) is 11.9 Å². The third kappa shape index (κ3) is 2.28. The minimum Gasteiger partial charge on any atom is -0.271 e. The van der Waals surface area contributed by atoms with Gasteiger partial charge in [0.2, 0.25) is 0 Å². The van der Waals surface area contributed by atoms with Crippen LogP contribution in [0.2, 0.25) is 0 Å². The van der Waals surface area contributed by atoms with Crippen molar-refractivity contribution in [1.82, 2.24) is 5.43 Å². The van der Waals surface area contributed by atoms with Crippen molar-refractivity contribution in [2.45, 2.75) is 19.9 Å². The molecule has 1 unspecified atom stereocenters. The van der Waals surface area contributed by atoms with Gasteiger partial charge in [-0.1, -0.05) is 36.4 Å². The van der Waals surface area contributed by atoms with Crippen LogP contribution in [0.1, 0.15) is 28.3 Å². The van der Waals surface area contributed by atoms with E-state index < -0.39 is 0 Å². The number of hydrogen-bond donors (Lipinski definition) is 2. The molecule has 3 heteroatoms. The number of halogens is 1. The summed E-state index contributed by atoms with van der Waals surface area (Å²) in [5, 5.41) is 0. The second-order valence-corrected chi connectivity index (χ2v) is 4.41. The molecule has 0 saturated carbocycles. The molecule has 0 fully saturated rings. The van der Waals surface area contributed by atoms with Crippen LogP contribution >= 0.6 is 0 Å². The second kappa shape index (κ2) is 5.29. The fourth-order valence-electron chi connectivity index (χ4n) is 2.14. The highest BCUT2D eigenvalue weighted by molar-refractivity contribution is 5.40. The standard InChI is InChI=1S/C15H17FN2/c1-10-6-5-8-12(11(10)2)15(18-17)13-7-3-4-9-14(13)16/h3-9,15,18H,17H2,1-2H3. The Morgan fingerprint density at radius 1 is 1.00 bits per heavy atom. The zero-order chi connectivity index (χ0) is 13.1. The molecular formula is C15H17FN2. The van der Waals surface area contributed by atoms with E-state index in [1.807, 2.05) is 38.1 Å². The number of benzene rings is 2. The first kappa shape index (κ1) is 12.7. The van der Waals surface area contributed by atoms with Crippen LogP contribution in [0.25, 0.3) is 0 Å². The predicted molar refractivity (Wildman–Crippen MR) is 71.5 cm³/mol. The lowest BCUT2D eigenvalue weighted by atomic mass is 9.93. The summed E-state index contributed by atoms with van der Waals surface area (Å²) >= 11 is 0. The van der Waals surface area contributed by atoms with E-state index in [1.54, 1.807) is 12.1 Å². The Morgan fingerprint density at radius 3 is 2.33 bits per heavy atom. The van der Waals surface area contributed by atoms with Crippen LogP contribution in [0.5, 0.6) is 0 Å². The normalized spacial score (nSPS) is 12.4. The van der Waals surface area contributed by atoms with Crippen LogP contribution in [-0.4, -0.2) is 0 Å². The molecule has 3 N–H and O–H groups in total. The molecule has 0 aliphatic carbocycles. The predicted octanol–water partition coefficient (Wildman–Crippen LogP) is 3.00. The smallest absolute Gasteiger partial charge is 0.128 e. The lowest BCUT2D eigenvalue weighted by Crippen LogP contribution is -2.30. The summed E-state index contributed by atoms with van der Waals surface area (Å²) in [6.45, 7) is 4.06. The fourth-order valence-corrected chi connectivity index (χ4v) is 2.14. The van der Waals surface area contributed by atoms with Gasteiger partial charge in [-0.2, -0.15) is 0 Å². The van der Waals surface area contributed by atoms with Gasteiger partial charge >= 0.3 is 0 Å². The fraction of sp³-hybridized carbons (Fsp3) is 0.200. The molecule has 0 aromatic heterocycles. The van der Waals surface area contributed by atoms with Crippen LogP contribution < -0.4 is 11.3 Å². The van der Waals surface area contributed by atoms with Crippen LogP contribution in [0.4, 0.5) is 4.39 Å². The van der Waals surface area contributed by atoms with Crippen LogP contribution in [0.3, 0.4) is 0 Å². The Bertz CT molecular complexity index is 552. The summed E-state index contributed by atoms with van der Waals surface area (Å²) in [5.41, 5.74) is 6.57. The molecule has 2 aromatic carbocycles. The molecule has 0 aliphatic rings. The molecule has 0 bridgehead atoms. The molecule has 0 aliphatic heterocycles. The van der Waals surface area contributed by atoms with Gasteiger partial charge in [-0.15, -0.1) is 0 Å². The van der Waals surface area contributed by atoms with Gasteiger partial charge < -0.3 is 0 Å². The highest BCUT2D eigenvalue weighted by atomic mass is 19.1. The van der Waals surface area contributed by atoms with E-state index in [1.165, 1.54) is 11.6 Å². The summed E-state index contributed by atoms with van der Waals surface area (Å²) in [7, 11) is 0. The number of nitrogens with one attached hydrogen (secondary N) is 1. The third-order valence-electron chi connectivity index (χ3n) is 3.34. The van der Waals surface area contributed by atoms with Gasteiger partial charge in [-0.05, 0) is 36.6 Å². The van der Waals surface area contributed by atoms with Gasteiger partial charge in [0.25, 0.3) is 0 Å². The molecule has 0 amide bonds. The van der Waals surface area contributed by atoms with Gasteiger partial charge in [0.05, 0.1) is 6.04 Å². The van der Waals surface area contributed by atoms with Gasteiger partial charge in [-0.3, -0.25) is 5.84 Å². The van der Waals surface area contributed by atoms with E-state index in [9.17, 15) is 4.39 Å². The molecule has 0 saturated heterocycles. The minimum atomic E-state index is -0.328. The van der Waals surface area contributed by atoms with Crippen LogP contribution in [-0.2, 0) is 0 Å². The van der Waals surface area contributed by atoms with Crippen molar-refractivity contribution in [3.63, 3.8) is 0 Å². The average molecular weight is 244 g/mol. The van der Waals surface area contributed by atoms with Gasteiger partial charge in [0.15, 0.2) is 0 Å². The SMILES string of the molecule is Cc1cccc(C(NN)c2ccccc2F)c1C. The molecule has 0 radical (unpaired) electrons. The lowest BCUT2D eigenvalue weighted by molar-refractivity contribution is 0.558. The Hall–Kier alpha value is -1.71. The molecule has 2 aromatic rings. The monoisotopic (exact) mass is 244 g/mol. The van der Waals surface area contributed by atoms with Crippen molar-refractivity contribution in [2.24, 2.45) is 5.84 Å². The summed E-state index contributed by atoms with van der Waals surface area (Å²) in [4.78, 5) is 0. The molecule has 94 valence electrons. The Labute approximate surface area is 107 Å². The van der Waals surface area contributed by atoms with Crippen molar-refractivity contribution in [3.8, 4) is 0 Å². The number of rotatable bonds is 3. The number of aryl methyl sites for hydroxylation is 1. The number of hydrogen-bond acceptors (Lipinski definition) is 2. The van der Waals surface area contributed by atoms with Gasteiger partial charge in [-0.25, -0.2) is 9.82 Å². The molecule has 2 nitrogen and oxygen atoms in total. The lowest BCUT2D eigenvalue weighted by Gasteiger charge is -2.20. The van der Waals surface area contributed by atoms with E-state index >= 15 is 0 Å². The van der Waals surface area contributed by atoms with Gasteiger partial charge in [0.1, 0.15) is 5.82 Å².